The number of sulfonamides is 1. The summed E-state index contributed by atoms with van der Waals surface area (Å²) in [7, 11) is -3.63. The van der Waals surface area contributed by atoms with Crippen LogP contribution in [-0.4, -0.2) is 29.9 Å². The summed E-state index contributed by atoms with van der Waals surface area (Å²) in [5.41, 5.74) is 1.24. The normalized spacial score (nSPS) is 11.9. The SMILES string of the molecule is Cc1noc(C)c1S(=O)(=O)NCCn1ccc(-c2cccs2)n1. The fourth-order valence-corrected chi connectivity index (χ4v) is 4.30. The number of thiophene rings is 1. The van der Waals surface area contributed by atoms with Crippen LogP contribution in [0.25, 0.3) is 10.6 Å². The van der Waals surface area contributed by atoms with E-state index in [0.29, 0.717) is 12.2 Å². The third-order valence-corrected chi connectivity index (χ3v) is 5.88. The molecule has 0 saturated heterocycles. The fourth-order valence-electron chi connectivity index (χ4n) is 2.27. The Morgan fingerprint density at radius 3 is 2.83 bits per heavy atom. The highest BCUT2D eigenvalue weighted by Crippen LogP contribution is 2.22. The highest BCUT2D eigenvalue weighted by atomic mass is 32.2. The van der Waals surface area contributed by atoms with Crippen molar-refractivity contribution < 1.29 is 12.9 Å². The standard InChI is InChI=1S/C14H16N4O3S2/c1-10-14(11(2)21-17-10)23(19,20)15-6-8-18-7-5-12(16-18)13-4-3-9-22-13/h3-5,7,9,15H,6,8H2,1-2H3. The number of aromatic nitrogens is 3. The van der Waals surface area contributed by atoms with Crippen LogP contribution in [0, 0.1) is 13.8 Å². The number of nitrogens with zero attached hydrogens (tertiary/aromatic N) is 3. The van der Waals surface area contributed by atoms with E-state index in [9.17, 15) is 8.42 Å². The van der Waals surface area contributed by atoms with Crippen LogP contribution in [0.3, 0.4) is 0 Å². The molecule has 0 aromatic carbocycles. The first-order valence-corrected chi connectivity index (χ1v) is 9.33. The summed E-state index contributed by atoms with van der Waals surface area (Å²) in [5.74, 6) is 0.286. The highest BCUT2D eigenvalue weighted by molar-refractivity contribution is 7.89. The summed E-state index contributed by atoms with van der Waals surface area (Å²) in [6, 6.07) is 5.88. The molecule has 0 spiro atoms. The van der Waals surface area contributed by atoms with Gasteiger partial charge < -0.3 is 4.52 Å². The maximum Gasteiger partial charge on any atom is 0.246 e. The zero-order valence-electron chi connectivity index (χ0n) is 12.7. The van der Waals surface area contributed by atoms with Crippen molar-refractivity contribution in [3.8, 4) is 10.6 Å². The maximum absolute atomic E-state index is 12.3. The summed E-state index contributed by atoms with van der Waals surface area (Å²) in [6.07, 6.45) is 1.83. The van der Waals surface area contributed by atoms with Crippen LogP contribution in [0.4, 0.5) is 0 Å². The smallest absolute Gasteiger partial charge is 0.246 e. The van der Waals surface area contributed by atoms with Gasteiger partial charge in [-0.25, -0.2) is 13.1 Å². The third-order valence-electron chi connectivity index (χ3n) is 3.28. The molecule has 0 atom stereocenters. The van der Waals surface area contributed by atoms with Gasteiger partial charge in [0.1, 0.15) is 16.3 Å². The van der Waals surface area contributed by atoms with Gasteiger partial charge in [0.05, 0.1) is 11.4 Å². The molecule has 1 N–H and O–H groups in total. The van der Waals surface area contributed by atoms with Crippen molar-refractivity contribution in [3.63, 3.8) is 0 Å². The zero-order chi connectivity index (χ0) is 16.4. The molecular weight excluding hydrogens is 336 g/mol. The Morgan fingerprint density at radius 1 is 1.35 bits per heavy atom. The number of nitrogens with one attached hydrogen (secondary N) is 1. The van der Waals surface area contributed by atoms with Gasteiger partial charge in [-0.05, 0) is 31.4 Å². The van der Waals surface area contributed by atoms with Crippen molar-refractivity contribution in [1.29, 1.82) is 0 Å². The molecule has 0 amide bonds. The lowest BCUT2D eigenvalue weighted by Crippen LogP contribution is -2.28. The maximum atomic E-state index is 12.3. The van der Waals surface area contributed by atoms with Crippen LogP contribution in [0.5, 0.6) is 0 Å². The Kier molecular flexibility index (Phi) is 4.33. The first kappa shape index (κ1) is 15.9. The minimum absolute atomic E-state index is 0.109. The zero-order valence-corrected chi connectivity index (χ0v) is 14.3. The van der Waals surface area contributed by atoms with Gasteiger partial charge in [-0.1, -0.05) is 11.2 Å². The van der Waals surface area contributed by atoms with Gasteiger partial charge in [0.2, 0.25) is 10.0 Å². The third kappa shape index (κ3) is 3.36. The fraction of sp³-hybridized carbons (Fsp3) is 0.286. The van der Waals surface area contributed by atoms with Crippen LogP contribution in [0.1, 0.15) is 11.5 Å². The number of hydrogen-bond acceptors (Lipinski definition) is 6. The van der Waals surface area contributed by atoms with Gasteiger partial charge in [-0.15, -0.1) is 11.3 Å². The van der Waals surface area contributed by atoms with Crippen molar-refractivity contribution in [2.24, 2.45) is 0 Å². The summed E-state index contributed by atoms with van der Waals surface area (Å²) in [4.78, 5) is 1.19. The summed E-state index contributed by atoms with van der Waals surface area (Å²) in [6.45, 7) is 3.85. The average Bonchev–Trinajstić information content (AvgIpc) is 3.19. The largest absolute Gasteiger partial charge is 0.360 e. The molecule has 0 radical (unpaired) electrons. The molecule has 0 bridgehead atoms. The Morgan fingerprint density at radius 2 is 2.17 bits per heavy atom. The van der Waals surface area contributed by atoms with Crippen molar-refractivity contribution in [2.75, 3.05) is 6.54 Å². The average molecular weight is 352 g/mol. The minimum atomic E-state index is -3.63. The topological polar surface area (TPSA) is 90.0 Å². The van der Waals surface area contributed by atoms with E-state index in [1.807, 2.05) is 29.8 Å². The van der Waals surface area contributed by atoms with Crippen LogP contribution in [-0.2, 0) is 16.6 Å². The summed E-state index contributed by atoms with van der Waals surface area (Å²) < 4.78 is 33.7. The molecule has 3 rings (SSSR count). The summed E-state index contributed by atoms with van der Waals surface area (Å²) in [5, 5.41) is 10.1. The number of hydrogen-bond donors (Lipinski definition) is 1. The van der Waals surface area contributed by atoms with Crippen LogP contribution in [0.2, 0.25) is 0 Å². The van der Waals surface area contributed by atoms with E-state index >= 15 is 0 Å². The second-order valence-electron chi connectivity index (χ2n) is 4.99. The first-order chi connectivity index (χ1) is 11.0. The molecule has 7 nitrogen and oxygen atoms in total. The van der Waals surface area contributed by atoms with E-state index in [-0.39, 0.29) is 17.2 Å². The van der Waals surface area contributed by atoms with Gasteiger partial charge in [0.15, 0.2) is 5.76 Å². The Labute approximate surface area is 138 Å². The predicted octanol–water partition coefficient (Wildman–Crippen LogP) is 2.19. The predicted molar refractivity (Wildman–Crippen MR) is 86.7 cm³/mol. The van der Waals surface area contributed by atoms with E-state index in [1.54, 1.807) is 29.9 Å². The van der Waals surface area contributed by atoms with E-state index < -0.39 is 10.0 Å². The van der Waals surface area contributed by atoms with Gasteiger partial charge in [-0.2, -0.15) is 5.10 Å². The quantitative estimate of drug-likeness (QED) is 0.734. The van der Waals surface area contributed by atoms with Gasteiger partial charge >= 0.3 is 0 Å². The molecule has 0 unspecified atom stereocenters. The Hall–Kier alpha value is -1.97. The number of rotatable bonds is 6. The van der Waals surface area contributed by atoms with Crippen molar-refractivity contribution in [1.82, 2.24) is 19.7 Å². The Balaban J connectivity index is 1.64. The Bertz CT molecular complexity index is 875. The van der Waals surface area contributed by atoms with Gasteiger partial charge in [0.25, 0.3) is 0 Å². The lowest BCUT2D eigenvalue weighted by molar-refractivity contribution is 0.390. The van der Waals surface area contributed by atoms with Gasteiger partial charge in [-0.3, -0.25) is 4.68 Å². The van der Waals surface area contributed by atoms with E-state index in [0.717, 1.165) is 10.6 Å². The van der Waals surface area contributed by atoms with E-state index in [1.165, 1.54) is 0 Å². The monoisotopic (exact) mass is 352 g/mol. The van der Waals surface area contributed by atoms with Crippen molar-refractivity contribution >= 4 is 21.4 Å². The molecule has 3 heterocycles. The molecule has 122 valence electrons. The molecule has 0 fully saturated rings. The van der Waals surface area contributed by atoms with Gasteiger partial charge in [0, 0.05) is 12.7 Å². The molecular formula is C14H16N4O3S2. The molecule has 0 aliphatic rings. The van der Waals surface area contributed by atoms with Crippen molar-refractivity contribution in [3.05, 3.63) is 41.2 Å². The van der Waals surface area contributed by atoms with E-state index in [4.69, 9.17) is 4.52 Å². The van der Waals surface area contributed by atoms with Crippen LogP contribution in [0.15, 0.2) is 39.2 Å². The lowest BCUT2D eigenvalue weighted by Gasteiger charge is -2.06. The summed E-state index contributed by atoms with van der Waals surface area (Å²) >= 11 is 1.61. The molecule has 9 heteroatoms. The molecule has 3 aromatic rings. The molecule has 23 heavy (non-hydrogen) atoms. The van der Waals surface area contributed by atoms with Crippen LogP contribution < -0.4 is 4.72 Å². The second-order valence-corrected chi connectivity index (χ2v) is 7.64. The molecule has 0 aliphatic carbocycles. The molecule has 0 saturated carbocycles. The highest BCUT2D eigenvalue weighted by Gasteiger charge is 2.23. The molecule has 3 aromatic heterocycles. The number of aryl methyl sites for hydroxylation is 2. The minimum Gasteiger partial charge on any atom is -0.360 e. The van der Waals surface area contributed by atoms with E-state index in [2.05, 4.69) is 15.0 Å². The van der Waals surface area contributed by atoms with Crippen molar-refractivity contribution in [2.45, 2.75) is 25.3 Å². The van der Waals surface area contributed by atoms with Crippen LogP contribution >= 0.6 is 11.3 Å². The lowest BCUT2D eigenvalue weighted by atomic mass is 10.3. The molecule has 0 aliphatic heterocycles. The first-order valence-electron chi connectivity index (χ1n) is 6.97. The second kappa shape index (κ2) is 6.26.